The molecule has 0 spiro atoms. The first-order valence-corrected chi connectivity index (χ1v) is 5.26. The van der Waals surface area contributed by atoms with Crippen molar-refractivity contribution in [2.75, 3.05) is 0 Å². The van der Waals surface area contributed by atoms with Crippen LogP contribution in [-0.4, -0.2) is 20.5 Å². The molecule has 7 nitrogen and oxygen atoms in total. The maximum absolute atomic E-state index is 10.8. The summed E-state index contributed by atoms with van der Waals surface area (Å²) >= 11 is 0. The first kappa shape index (κ1) is 13.3. The molecule has 0 aliphatic heterocycles. The lowest BCUT2D eigenvalue weighted by Gasteiger charge is -2.24. The summed E-state index contributed by atoms with van der Waals surface area (Å²) in [5.74, 6) is -0.177. The number of nitrogens with zero attached hydrogens (tertiary/aromatic N) is 4. The Hall–Kier alpha value is -1.79. The summed E-state index contributed by atoms with van der Waals surface area (Å²) in [5, 5.41) is 13.7. The van der Waals surface area contributed by atoms with Gasteiger partial charge in [-0.1, -0.05) is 25.9 Å². The molecule has 1 heterocycles. The van der Waals surface area contributed by atoms with Crippen LogP contribution in [0.15, 0.2) is 11.5 Å². The summed E-state index contributed by atoms with van der Waals surface area (Å²) in [6, 6.07) is -0.449. The minimum absolute atomic E-state index is 0.177. The molecule has 0 aliphatic rings. The minimum Gasteiger partial charge on any atom is -0.358 e. The van der Waals surface area contributed by atoms with E-state index in [-0.39, 0.29) is 11.2 Å². The Labute approximate surface area is 99.0 Å². The van der Waals surface area contributed by atoms with Crippen LogP contribution in [0.2, 0.25) is 0 Å². The second kappa shape index (κ2) is 4.60. The Bertz CT molecular complexity index is 433. The maximum Gasteiger partial charge on any atom is 0.384 e. The van der Waals surface area contributed by atoms with Crippen molar-refractivity contribution in [2.45, 2.75) is 40.3 Å². The molecule has 1 aromatic rings. The molecule has 0 fully saturated rings. The van der Waals surface area contributed by atoms with E-state index in [9.17, 15) is 15.0 Å². The summed E-state index contributed by atoms with van der Waals surface area (Å²) < 4.78 is 1.59. The number of hydrogen-bond acceptors (Lipinski definition) is 5. The van der Waals surface area contributed by atoms with E-state index in [2.05, 4.69) is 10.2 Å². The van der Waals surface area contributed by atoms with Gasteiger partial charge in [-0.3, -0.25) is 0 Å². The molecular weight excluding hydrogens is 224 g/mol. The largest absolute Gasteiger partial charge is 0.384 e. The SMILES string of the molecule is Cc1c([N+](=O)[O-])ncn1CC(N=O)C(C)(C)C. The molecule has 0 saturated carbocycles. The highest BCUT2D eigenvalue weighted by Crippen LogP contribution is 2.25. The van der Waals surface area contributed by atoms with Crippen molar-refractivity contribution in [1.29, 1.82) is 0 Å². The van der Waals surface area contributed by atoms with Crippen LogP contribution in [0.3, 0.4) is 0 Å². The molecule has 0 N–H and O–H groups in total. The highest BCUT2D eigenvalue weighted by Gasteiger charge is 2.28. The standard InChI is InChI=1S/C10H16N4O3/c1-7-9(14(16)17)11-6-13(7)5-8(12-15)10(2,3)4/h6,8H,5H2,1-4H3. The van der Waals surface area contributed by atoms with Gasteiger partial charge in [0.25, 0.3) is 0 Å². The molecule has 7 heteroatoms. The second-order valence-corrected chi connectivity index (χ2v) is 5.05. The van der Waals surface area contributed by atoms with Gasteiger partial charge in [0.2, 0.25) is 6.33 Å². The van der Waals surface area contributed by atoms with E-state index < -0.39 is 11.0 Å². The summed E-state index contributed by atoms with van der Waals surface area (Å²) in [4.78, 5) is 24.6. The quantitative estimate of drug-likeness (QED) is 0.458. The van der Waals surface area contributed by atoms with E-state index in [0.29, 0.717) is 12.2 Å². The van der Waals surface area contributed by atoms with Crippen molar-refractivity contribution in [2.24, 2.45) is 10.6 Å². The van der Waals surface area contributed by atoms with Crippen LogP contribution >= 0.6 is 0 Å². The summed E-state index contributed by atoms with van der Waals surface area (Å²) in [6.45, 7) is 7.62. The van der Waals surface area contributed by atoms with Crippen molar-refractivity contribution >= 4 is 5.82 Å². The van der Waals surface area contributed by atoms with Crippen LogP contribution in [0.1, 0.15) is 26.5 Å². The number of nitroso groups, excluding NO2 is 1. The molecule has 0 aliphatic carbocycles. The highest BCUT2D eigenvalue weighted by molar-refractivity contribution is 5.25. The highest BCUT2D eigenvalue weighted by atomic mass is 16.6. The van der Waals surface area contributed by atoms with Crippen molar-refractivity contribution in [1.82, 2.24) is 9.55 Å². The van der Waals surface area contributed by atoms with Crippen molar-refractivity contribution in [3.63, 3.8) is 0 Å². The predicted octanol–water partition coefficient (Wildman–Crippen LogP) is 2.28. The first-order valence-electron chi connectivity index (χ1n) is 5.26. The Morgan fingerprint density at radius 2 is 2.18 bits per heavy atom. The maximum atomic E-state index is 10.8. The van der Waals surface area contributed by atoms with E-state index in [4.69, 9.17) is 0 Å². The van der Waals surface area contributed by atoms with Crippen LogP contribution in [0.5, 0.6) is 0 Å². The number of aromatic nitrogens is 2. The molecule has 1 atom stereocenters. The van der Waals surface area contributed by atoms with Crippen LogP contribution in [0.4, 0.5) is 5.82 Å². The monoisotopic (exact) mass is 240 g/mol. The molecule has 0 amide bonds. The lowest BCUT2D eigenvalue weighted by atomic mass is 9.87. The Kier molecular flexibility index (Phi) is 3.59. The van der Waals surface area contributed by atoms with Crippen molar-refractivity contribution < 1.29 is 4.92 Å². The van der Waals surface area contributed by atoms with E-state index in [1.54, 1.807) is 11.5 Å². The molecule has 0 radical (unpaired) electrons. The number of nitro groups is 1. The molecule has 1 rings (SSSR count). The van der Waals surface area contributed by atoms with Gasteiger partial charge in [-0.2, -0.15) is 4.91 Å². The van der Waals surface area contributed by atoms with Gasteiger partial charge in [-0.25, -0.2) is 0 Å². The molecule has 0 saturated heterocycles. The molecule has 0 aromatic carbocycles. The normalized spacial score (nSPS) is 13.4. The second-order valence-electron chi connectivity index (χ2n) is 5.05. The Morgan fingerprint density at radius 3 is 2.53 bits per heavy atom. The van der Waals surface area contributed by atoms with Crippen LogP contribution in [0, 0.1) is 27.4 Å². The number of hydrogen-bond donors (Lipinski definition) is 0. The molecule has 1 aromatic heterocycles. The van der Waals surface area contributed by atoms with E-state index in [0.717, 1.165) is 0 Å². The van der Waals surface area contributed by atoms with Gasteiger partial charge < -0.3 is 14.7 Å². The van der Waals surface area contributed by atoms with E-state index >= 15 is 0 Å². The van der Waals surface area contributed by atoms with Gasteiger partial charge in [0.1, 0.15) is 11.7 Å². The summed E-state index contributed by atoms with van der Waals surface area (Å²) in [5.41, 5.74) is 0.153. The Morgan fingerprint density at radius 1 is 1.59 bits per heavy atom. The summed E-state index contributed by atoms with van der Waals surface area (Å²) in [6.07, 6.45) is 1.37. The van der Waals surface area contributed by atoms with Gasteiger partial charge >= 0.3 is 5.82 Å². The lowest BCUT2D eigenvalue weighted by molar-refractivity contribution is -0.389. The number of imidazole rings is 1. The zero-order valence-electron chi connectivity index (χ0n) is 10.4. The van der Waals surface area contributed by atoms with Crippen molar-refractivity contribution in [3.05, 3.63) is 27.0 Å². The fourth-order valence-corrected chi connectivity index (χ4v) is 1.45. The van der Waals surface area contributed by atoms with E-state index in [1.807, 2.05) is 20.8 Å². The smallest absolute Gasteiger partial charge is 0.358 e. The fourth-order valence-electron chi connectivity index (χ4n) is 1.45. The third-order valence-electron chi connectivity index (χ3n) is 2.74. The molecule has 17 heavy (non-hydrogen) atoms. The number of rotatable bonds is 4. The molecule has 94 valence electrons. The molecular formula is C10H16N4O3. The lowest BCUT2D eigenvalue weighted by Crippen LogP contribution is -2.29. The zero-order chi connectivity index (χ0) is 13.2. The average Bonchev–Trinajstić information content (AvgIpc) is 2.54. The third kappa shape index (κ3) is 2.86. The minimum atomic E-state index is -0.535. The fraction of sp³-hybridized carbons (Fsp3) is 0.700. The topological polar surface area (TPSA) is 90.4 Å². The average molecular weight is 240 g/mol. The predicted molar refractivity (Wildman–Crippen MR) is 62.7 cm³/mol. The van der Waals surface area contributed by atoms with Gasteiger partial charge in [0, 0.05) is 0 Å². The molecule has 0 bridgehead atoms. The van der Waals surface area contributed by atoms with Gasteiger partial charge in [0.05, 0.1) is 6.54 Å². The van der Waals surface area contributed by atoms with Crippen LogP contribution in [-0.2, 0) is 6.54 Å². The van der Waals surface area contributed by atoms with Gasteiger partial charge in [-0.15, -0.1) is 0 Å². The van der Waals surface area contributed by atoms with Gasteiger partial charge in [-0.05, 0) is 22.2 Å². The van der Waals surface area contributed by atoms with Gasteiger partial charge in [0.15, 0.2) is 0 Å². The van der Waals surface area contributed by atoms with Crippen molar-refractivity contribution in [3.8, 4) is 0 Å². The van der Waals surface area contributed by atoms with Crippen LogP contribution in [0.25, 0.3) is 0 Å². The van der Waals surface area contributed by atoms with E-state index in [1.165, 1.54) is 6.33 Å². The first-order chi connectivity index (χ1) is 7.77. The third-order valence-corrected chi connectivity index (χ3v) is 2.74. The van der Waals surface area contributed by atoms with Crippen LogP contribution < -0.4 is 0 Å². The Balaban J connectivity index is 2.96. The zero-order valence-corrected chi connectivity index (χ0v) is 10.4. The molecule has 1 unspecified atom stereocenters. The summed E-state index contributed by atoms with van der Waals surface area (Å²) in [7, 11) is 0.